The molecule has 0 aliphatic carbocycles. The summed E-state index contributed by atoms with van der Waals surface area (Å²) in [7, 11) is 3.92. The molecule has 0 unspecified atom stereocenters. The molecule has 2 aromatic heterocycles. The molecule has 0 bridgehead atoms. The Kier molecular flexibility index (Phi) is 4.54. The Bertz CT molecular complexity index is 712. The zero-order chi connectivity index (χ0) is 17.1. The Morgan fingerprint density at radius 1 is 1.08 bits per heavy atom. The normalized spacial score (nSPS) is 14.6. The van der Waals surface area contributed by atoms with Gasteiger partial charge >= 0.3 is 0 Å². The molecule has 8 heteroatoms. The highest BCUT2D eigenvalue weighted by atomic mass is 16.2. The van der Waals surface area contributed by atoms with E-state index in [1.165, 1.54) is 0 Å². The van der Waals surface area contributed by atoms with E-state index in [1.54, 1.807) is 23.4 Å². The predicted molar refractivity (Wildman–Crippen MR) is 91.2 cm³/mol. The molecular formula is C16H21N7O. The highest BCUT2D eigenvalue weighted by molar-refractivity contribution is 5.90. The van der Waals surface area contributed by atoms with Gasteiger partial charge in [-0.15, -0.1) is 0 Å². The summed E-state index contributed by atoms with van der Waals surface area (Å²) in [5, 5.41) is 0. The van der Waals surface area contributed by atoms with Gasteiger partial charge in [-0.25, -0.2) is 19.9 Å². The predicted octanol–water partition coefficient (Wildman–Crippen LogP) is 0.603. The Morgan fingerprint density at radius 2 is 1.75 bits per heavy atom. The number of piperazine rings is 1. The molecule has 1 amide bonds. The maximum Gasteiger partial charge on any atom is 0.291 e. The van der Waals surface area contributed by atoms with E-state index in [2.05, 4.69) is 24.8 Å². The van der Waals surface area contributed by atoms with Crippen molar-refractivity contribution in [1.82, 2.24) is 24.8 Å². The number of aromatic nitrogens is 4. The second-order valence-corrected chi connectivity index (χ2v) is 5.88. The summed E-state index contributed by atoms with van der Waals surface area (Å²) in [6.07, 6.45) is 3.17. The van der Waals surface area contributed by atoms with Gasteiger partial charge in [0.1, 0.15) is 17.5 Å². The van der Waals surface area contributed by atoms with E-state index in [4.69, 9.17) is 0 Å². The molecule has 3 rings (SSSR count). The number of carbonyl (C=O) groups is 1. The second kappa shape index (κ2) is 6.77. The minimum atomic E-state index is -0.122. The Balaban J connectivity index is 1.68. The highest BCUT2D eigenvalue weighted by Crippen LogP contribution is 2.19. The van der Waals surface area contributed by atoms with Gasteiger partial charge in [-0.05, 0) is 13.0 Å². The average molecular weight is 327 g/mol. The molecule has 0 aromatic carbocycles. The van der Waals surface area contributed by atoms with Gasteiger partial charge in [0.15, 0.2) is 0 Å². The van der Waals surface area contributed by atoms with Crippen LogP contribution in [0, 0.1) is 6.92 Å². The number of anilines is 2. The van der Waals surface area contributed by atoms with Crippen molar-refractivity contribution >= 4 is 17.5 Å². The second-order valence-electron chi connectivity index (χ2n) is 5.88. The first-order valence-corrected chi connectivity index (χ1v) is 7.89. The SMILES string of the molecule is Cc1nc(N(C)C)cc(N2CCN(C(=O)c3ncccn3)CC2)n1. The van der Waals surface area contributed by atoms with Crippen molar-refractivity contribution in [3.05, 3.63) is 36.2 Å². The molecule has 24 heavy (non-hydrogen) atoms. The average Bonchev–Trinajstić information content (AvgIpc) is 2.61. The van der Waals surface area contributed by atoms with Crippen molar-refractivity contribution in [3.8, 4) is 0 Å². The van der Waals surface area contributed by atoms with Crippen molar-refractivity contribution in [1.29, 1.82) is 0 Å². The van der Waals surface area contributed by atoms with Crippen LogP contribution >= 0.6 is 0 Å². The van der Waals surface area contributed by atoms with Gasteiger partial charge in [0, 0.05) is 58.7 Å². The van der Waals surface area contributed by atoms with Crippen molar-refractivity contribution in [2.24, 2.45) is 0 Å². The molecule has 126 valence electrons. The van der Waals surface area contributed by atoms with Gasteiger partial charge in [-0.3, -0.25) is 4.79 Å². The molecule has 1 aliphatic rings. The van der Waals surface area contributed by atoms with Gasteiger partial charge < -0.3 is 14.7 Å². The quantitative estimate of drug-likeness (QED) is 0.817. The van der Waals surface area contributed by atoms with E-state index in [-0.39, 0.29) is 11.7 Å². The van der Waals surface area contributed by atoms with Crippen LogP contribution in [0.5, 0.6) is 0 Å². The highest BCUT2D eigenvalue weighted by Gasteiger charge is 2.24. The largest absolute Gasteiger partial charge is 0.363 e. The summed E-state index contributed by atoms with van der Waals surface area (Å²) in [5.41, 5.74) is 0. The van der Waals surface area contributed by atoms with Crippen LogP contribution < -0.4 is 9.80 Å². The minimum Gasteiger partial charge on any atom is -0.363 e. The van der Waals surface area contributed by atoms with Crippen LogP contribution in [0.1, 0.15) is 16.4 Å². The third-order valence-corrected chi connectivity index (χ3v) is 3.92. The number of hydrogen-bond donors (Lipinski definition) is 0. The van der Waals surface area contributed by atoms with E-state index in [0.29, 0.717) is 13.1 Å². The fraction of sp³-hybridized carbons (Fsp3) is 0.438. The summed E-state index contributed by atoms with van der Waals surface area (Å²) < 4.78 is 0. The molecule has 3 heterocycles. The van der Waals surface area contributed by atoms with Crippen molar-refractivity contribution in [2.75, 3.05) is 50.1 Å². The minimum absolute atomic E-state index is 0.122. The molecule has 0 radical (unpaired) electrons. The van der Waals surface area contributed by atoms with Crippen LogP contribution in [0.25, 0.3) is 0 Å². The summed E-state index contributed by atoms with van der Waals surface area (Å²) in [6, 6.07) is 3.68. The maximum atomic E-state index is 12.4. The standard InChI is InChI=1S/C16H21N7O/c1-12-19-13(21(2)3)11-14(20-12)22-7-9-23(10-8-22)16(24)15-17-5-4-6-18-15/h4-6,11H,7-10H2,1-3H3. The van der Waals surface area contributed by atoms with Crippen molar-refractivity contribution in [2.45, 2.75) is 6.92 Å². The molecule has 1 aliphatic heterocycles. The van der Waals surface area contributed by atoms with E-state index in [9.17, 15) is 4.79 Å². The van der Waals surface area contributed by atoms with Crippen LogP contribution in [-0.4, -0.2) is 71.0 Å². The first-order chi connectivity index (χ1) is 11.5. The van der Waals surface area contributed by atoms with Gasteiger partial charge in [-0.2, -0.15) is 0 Å². The smallest absolute Gasteiger partial charge is 0.291 e. The van der Waals surface area contributed by atoms with Gasteiger partial charge in [-0.1, -0.05) is 0 Å². The van der Waals surface area contributed by atoms with E-state index in [1.807, 2.05) is 32.0 Å². The first-order valence-electron chi connectivity index (χ1n) is 7.89. The van der Waals surface area contributed by atoms with Gasteiger partial charge in [0.2, 0.25) is 5.82 Å². The lowest BCUT2D eigenvalue weighted by atomic mass is 10.3. The molecule has 1 fully saturated rings. The molecule has 1 saturated heterocycles. The lowest BCUT2D eigenvalue weighted by Crippen LogP contribution is -2.49. The van der Waals surface area contributed by atoms with E-state index < -0.39 is 0 Å². The van der Waals surface area contributed by atoms with Crippen LogP contribution in [0.4, 0.5) is 11.6 Å². The summed E-state index contributed by atoms with van der Waals surface area (Å²) in [5.74, 6) is 2.65. The molecular weight excluding hydrogens is 306 g/mol. The topological polar surface area (TPSA) is 78.4 Å². The van der Waals surface area contributed by atoms with Crippen LogP contribution in [0.2, 0.25) is 0 Å². The first kappa shape index (κ1) is 16.1. The third-order valence-electron chi connectivity index (χ3n) is 3.92. The Morgan fingerprint density at radius 3 is 2.38 bits per heavy atom. The fourth-order valence-corrected chi connectivity index (χ4v) is 2.62. The zero-order valence-electron chi connectivity index (χ0n) is 14.2. The molecule has 2 aromatic rings. The van der Waals surface area contributed by atoms with Gasteiger partial charge in [0.25, 0.3) is 5.91 Å². The number of rotatable bonds is 3. The Labute approximate surface area is 141 Å². The number of carbonyl (C=O) groups excluding carboxylic acids is 1. The van der Waals surface area contributed by atoms with Crippen LogP contribution in [0.15, 0.2) is 24.5 Å². The molecule has 0 saturated carbocycles. The number of amides is 1. The number of aryl methyl sites for hydroxylation is 1. The number of nitrogens with zero attached hydrogens (tertiary/aromatic N) is 7. The van der Waals surface area contributed by atoms with E-state index in [0.717, 1.165) is 30.5 Å². The van der Waals surface area contributed by atoms with Crippen LogP contribution in [-0.2, 0) is 0 Å². The van der Waals surface area contributed by atoms with Crippen LogP contribution in [0.3, 0.4) is 0 Å². The Hall–Kier alpha value is -2.77. The molecule has 0 spiro atoms. The summed E-state index contributed by atoms with van der Waals surface area (Å²) in [6.45, 7) is 4.59. The summed E-state index contributed by atoms with van der Waals surface area (Å²) in [4.78, 5) is 35.3. The monoisotopic (exact) mass is 327 g/mol. The van der Waals surface area contributed by atoms with Crippen molar-refractivity contribution in [3.63, 3.8) is 0 Å². The van der Waals surface area contributed by atoms with Gasteiger partial charge in [0.05, 0.1) is 0 Å². The third kappa shape index (κ3) is 3.42. The lowest BCUT2D eigenvalue weighted by Gasteiger charge is -2.35. The fourth-order valence-electron chi connectivity index (χ4n) is 2.62. The van der Waals surface area contributed by atoms with Crippen molar-refractivity contribution < 1.29 is 4.79 Å². The van der Waals surface area contributed by atoms with E-state index >= 15 is 0 Å². The molecule has 0 N–H and O–H groups in total. The lowest BCUT2D eigenvalue weighted by molar-refractivity contribution is 0.0734. The zero-order valence-corrected chi connectivity index (χ0v) is 14.2. The molecule has 8 nitrogen and oxygen atoms in total. The number of hydrogen-bond acceptors (Lipinski definition) is 7. The maximum absolute atomic E-state index is 12.4. The summed E-state index contributed by atoms with van der Waals surface area (Å²) >= 11 is 0. The molecule has 0 atom stereocenters.